The average Bonchev–Trinajstić information content (AvgIpc) is 3.10. The Morgan fingerprint density at radius 1 is 1.04 bits per heavy atom. The summed E-state index contributed by atoms with van der Waals surface area (Å²) >= 11 is 0. The van der Waals surface area contributed by atoms with E-state index in [0.717, 1.165) is 0 Å². The highest BCUT2D eigenvalue weighted by molar-refractivity contribution is 6.05. The molecule has 2 aromatic carbocycles. The second kappa shape index (κ2) is 6.36. The van der Waals surface area contributed by atoms with Crippen LogP contribution in [0.5, 0.6) is 11.6 Å². The first-order valence-electron chi connectivity index (χ1n) is 7.44. The largest absolute Gasteiger partial charge is 0.437 e. The lowest BCUT2D eigenvalue weighted by Gasteiger charge is -2.08. The van der Waals surface area contributed by atoms with Crippen LogP contribution in [0, 0.1) is 0 Å². The first-order chi connectivity index (χ1) is 12.3. The normalized spacial score (nSPS) is 10.6. The van der Waals surface area contributed by atoms with E-state index in [1.807, 2.05) is 0 Å². The van der Waals surface area contributed by atoms with E-state index < -0.39 is 0 Å². The van der Waals surface area contributed by atoms with Gasteiger partial charge in [0.1, 0.15) is 16.8 Å². The van der Waals surface area contributed by atoms with E-state index in [-0.39, 0.29) is 5.91 Å². The van der Waals surface area contributed by atoms with Crippen molar-refractivity contribution in [2.75, 3.05) is 5.32 Å². The predicted molar refractivity (Wildman–Crippen MR) is 90.4 cm³/mol. The molecule has 2 aromatic heterocycles. The Morgan fingerprint density at radius 3 is 2.84 bits per heavy atom. The molecule has 0 aliphatic heterocycles. The van der Waals surface area contributed by atoms with E-state index in [9.17, 15) is 4.79 Å². The summed E-state index contributed by atoms with van der Waals surface area (Å²) in [7, 11) is 0. The number of nitrogens with zero attached hydrogens (tertiary/aromatic N) is 4. The summed E-state index contributed by atoms with van der Waals surface area (Å²) in [6.07, 6.45) is 4.62. The van der Waals surface area contributed by atoms with Gasteiger partial charge in [0.2, 0.25) is 5.88 Å². The molecule has 0 spiro atoms. The molecule has 4 aromatic rings. The van der Waals surface area contributed by atoms with E-state index in [1.165, 1.54) is 6.20 Å². The lowest BCUT2D eigenvalue weighted by Crippen LogP contribution is -2.11. The van der Waals surface area contributed by atoms with E-state index in [1.54, 1.807) is 54.9 Å². The Labute approximate surface area is 141 Å². The van der Waals surface area contributed by atoms with Gasteiger partial charge in [0.05, 0.1) is 6.20 Å². The topological polar surface area (TPSA) is 106 Å². The summed E-state index contributed by atoms with van der Waals surface area (Å²) in [4.78, 5) is 20.4. The monoisotopic (exact) mass is 332 g/mol. The molecule has 0 aliphatic carbocycles. The molecule has 2 N–H and O–H groups in total. The van der Waals surface area contributed by atoms with Crippen LogP contribution in [0.15, 0.2) is 61.1 Å². The zero-order valence-electron chi connectivity index (χ0n) is 12.9. The number of benzene rings is 2. The molecule has 8 nitrogen and oxygen atoms in total. The Kier molecular flexibility index (Phi) is 3.76. The lowest BCUT2D eigenvalue weighted by atomic mass is 10.2. The van der Waals surface area contributed by atoms with Gasteiger partial charge in [-0.25, -0.2) is 4.98 Å². The van der Waals surface area contributed by atoms with Gasteiger partial charge in [-0.1, -0.05) is 6.07 Å². The maximum atomic E-state index is 12.4. The fourth-order valence-corrected chi connectivity index (χ4v) is 2.28. The van der Waals surface area contributed by atoms with Crippen LogP contribution in [0.25, 0.3) is 11.0 Å². The summed E-state index contributed by atoms with van der Waals surface area (Å²) in [5.74, 6) is 0.675. The fourth-order valence-electron chi connectivity index (χ4n) is 2.28. The highest BCUT2D eigenvalue weighted by Gasteiger charge is 2.09. The van der Waals surface area contributed by atoms with Crippen molar-refractivity contribution in [2.24, 2.45) is 0 Å². The molecule has 0 atom stereocenters. The molecule has 0 bridgehead atoms. The van der Waals surface area contributed by atoms with E-state index in [2.05, 4.69) is 30.7 Å². The number of fused-ring (bicyclic) bond motifs is 1. The molecule has 1 amide bonds. The van der Waals surface area contributed by atoms with Gasteiger partial charge in [-0.3, -0.25) is 9.78 Å². The van der Waals surface area contributed by atoms with Crippen LogP contribution in [0.3, 0.4) is 0 Å². The predicted octanol–water partition coefficient (Wildman–Crippen LogP) is 2.79. The van der Waals surface area contributed by atoms with Crippen molar-refractivity contribution in [3.63, 3.8) is 0 Å². The van der Waals surface area contributed by atoms with Crippen molar-refractivity contribution in [2.45, 2.75) is 0 Å². The van der Waals surface area contributed by atoms with Crippen LogP contribution < -0.4 is 10.1 Å². The molecule has 2 heterocycles. The second-order valence-electron chi connectivity index (χ2n) is 5.15. The molecule has 0 radical (unpaired) electrons. The van der Waals surface area contributed by atoms with Crippen molar-refractivity contribution in [3.8, 4) is 11.6 Å². The van der Waals surface area contributed by atoms with Crippen molar-refractivity contribution in [1.29, 1.82) is 0 Å². The molecule has 4 rings (SSSR count). The van der Waals surface area contributed by atoms with E-state index in [4.69, 9.17) is 4.74 Å². The van der Waals surface area contributed by atoms with Crippen molar-refractivity contribution in [1.82, 2.24) is 25.4 Å². The molecular formula is C17H12N6O2. The molecule has 8 heteroatoms. The van der Waals surface area contributed by atoms with Crippen LogP contribution in [-0.4, -0.2) is 31.3 Å². The lowest BCUT2D eigenvalue weighted by molar-refractivity contribution is 0.102. The number of ether oxygens (including phenoxy) is 1. The van der Waals surface area contributed by atoms with Crippen LogP contribution in [0.2, 0.25) is 0 Å². The third-order valence-electron chi connectivity index (χ3n) is 3.43. The Hall–Kier alpha value is -3.81. The second-order valence-corrected chi connectivity index (χ2v) is 5.15. The maximum Gasteiger partial charge on any atom is 0.255 e. The minimum absolute atomic E-state index is 0.249. The highest BCUT2D eigenvalue weighted by atomic mass is 16.5. The zero-order chi connectivity index (χ0) is 17.1. The number of carbonyl (C=O) groups excluding carboxylic acids is 1. The molecule has 0 unspecified atom stereocenters. The number of amides is 1. The smallest absolute Gasteiger partial charge is 0.255 e. The first kappa shape index (κ1) is 14.8. The summed E-state index contributed by atoms with van der Waals surface area (Å²) in [6, 6.07) is 12.1. The van der Waals surface area contributed by atoms with Crippen LogP contribution in [0.1, 0.15) is 10.4 Å². The number of H-pyrrole nitrogens is 1. The summed E-state index contributed by atoms with van der Waals surface area (Å²) in [6.45, 7) is 0. The van der Waals surface area contributed by atoms with Crippen LogP contribution in [0.4, 0.5) is 5.69 Å². The number of anilines is 1. The third kappa shape index (κ3) is 3.27. The van der Waals surface area contributed by atoms with Gasteiger partial charge >= 0.3 is 0 Å². The number of aromatic nitrogens is 5. The third-order valence-corrected chi connectivity index (χ3v) is 3.43. The average molecular weight is 332 g/mol. The van der Waals surface area contributed by atoms with Crippen LogP contribution >= 0.6 is 0 Å². The number of carbonyl (C=O) groups is 1. The van der Waals surface area contributed by atoms with Crippen molar-refractivity contribution < 1.29 is 9.53 Å². The zero-order valence-corrected chi connectivity index (χ0v) is 12.9. The minimum Gasteiger partial charge on any atom is -0.437 e. The number of hydrogen-bond donors (Lipinski definition) is 2. The standard InChI is InChI=1S/C17H12N6O2/c24-17(11-4-5-14-15(8-11)22-23-21-14)20-12-2-1-3-13(9-12)25-16-10-18-6-7-19-16/h1-10H,(H,20,24)(H,21,22,23). The van der Waals surface area contributed by atoms with Crippen LogP contribution in [-0.2, 0) is 0 Å². The Balaban J connectivity index is 1.52. The quantitative estimate of drug-likeness (QED) is 0.595. The SMILES string of the molecule is O=C(Nc1cccc(Oc2cnccn2)c1)c1ccc2n[nH]nc2c1. The number of rotatable bonds is 4. The molecule has 0 saturated carbocycles. The van der Waals surface area contributed by atoms with Gasteiger partial charge in [-0.2, -0.15) is 15.4 Å². The number of nitrogens with one attached hydrogen (secondary N) is 2. The maximum absolute atomic E-state index is 12.4. The van der Waals surface area contributed by atoms with Gasteiger partial charge in [-0.05, 0) is 30.3 Å². The number of aromatic amines is 1. The summed E-state index contributed by atoms with van der Waals surface area (Å²) < 4.78 is 5.61. The Bertz CT molecular complexity index is 1030. The van der Waals surface area contributed by atoms with Gasteiger partial charge in [0.25, 0.3) is 5.91 Å². The first-order valence-corrected chi connectivity index (χ1v) is 7.44. The van der Waals surface area contributed by atoms with Gasteiger partial charge in [0, 0.05) is 29.7 Å². The van der Waals surface area contributed by atoms with Crippen molar-refractivity contribution in [3.05, 3.63) is 66.6 Å². The van der Waals surface area contributed by atoms with Gasteiger partial charge < -0.3 is 10.1 Å². The van der Waals surface area contributed by atoms with Gasteiger partial charge in [-0.15, -0.1) is 0 Å². The van der Waals surface area contributed by atoms with Gasteiger partial charge in [0.15, 0.2) is 0 Å². The Morgan fingerprint density at radius 2 is 1.96 bits per heavy atom. The summed E-state index contributed by atoms with van der Waals surface area (Å²) in [5, 5.41) is 13.3. The minimum atomic E-state index is -0.249. The number of hydrogen-bond acceptors (Lipinski definition) is 6. The molecule has 0 saturated heterocycles. The van der Waals surface area contributed by atoms with Crippen molar-refractivity contribution >= 4 is 22.6 Å². The highest BCUT2D eigenvalue weighted by Crippen LogP contribution is 2.22. The molecule has 0 aliphatic rings. The fraction of sp³-hybridized carbons (Fsp3) is 0. The summed E-state index contributed by atoms with van der Waals surface area (Å²) in [5.41, 5.74) is 2.43. The molecule has 25 heavy (non-hydrogen) atoms. The molecular weight excluding hydrogens is 320 g/mol. The van der Waals surface area contributed by atoms with E-state index in [0.29, 0.717) is 33.9 Å². The van der Waals surface area contributed by atoms with E-state index >= 15 is 0 Å². The molecule has 122 valence electrons. The molecule has 0 fully saturated rings.